The molecular formula is C19H24N2O4. The summed E-state index contributed by atoms with van der Waals surface area (Å²) in [4.78, 5) is 12.2. The number of hydrogen-bond donors (Lipinski definition) is 2. The molecule has 0 spiro atoms. The Hall–Kier alpha value is -2.89. The SMILES string of the molecule is COc1cc(NC(=O)CCNc2ccccc2C)cc(OC)c1OC. The molecule has 2 aromatic rings. The van der Waals surface area contributed by atoms with Crippen molar-refractivity contribution in [3.05, 3.63) is 42.0 Å². The van der Waals surface area contributed by atoms with Crippen LogP contribution in [0, 0.1) is 6.92 Å². The Morgan fingerprint density at radius 1 is 1.00 bits per heavy atom. The van der Waals surface area contributed by atoms with Crippen LogP contribution in [0.25, 0.3) is 0 Å². The fourth-order valence-electron chi connectivity index (χ4n) is 2.46. The lowest BCUT2D eigenvalue weighted by molar-refractivity contribution is -0.115. The van der Waals surface area contributed by atoms with Gasteiger partial charge in [0.2, 0.25) is 11.7 Å². The third-order valence-corrected chi connectivity index (χ3v) is 3.76. The van der Waals surface area contributed by atoms with E-state index in [0.29, 0.717) is 35.9 Å². The van der Waals surface area contributed by atoms with Gasteiger partial charge in [0.25, 0.3) is 0 Å². The fraction of sp³-hybridized carbons (Fsp3) is 0.316. The fourth-order valence-corrected chi connectivity index (χ4v) is 2.46. The van der Waals surface area contributed by atoms with Crippen LogP contribution in [0.15, 0.2) is 36.4 Å². The first kappa shape index (κ1) is 18.4. The van der Waals surface area contributed by atoms with Gasteiger partial charge in [-0.25, -0.2) is 0 Å². The Balaban J connectivity index is 1.97. The summed E-state index contributed by atoms with van der Waals surface area (Å²) >= 11 is 0. The molecule has 2 aromatic carbocycles. The van der Waals surface area contributed by atoms with Gasteiger partial charge < -0.3 is 24.8 Å². The van der Waals surface area contributed by atoms with E-state index in [1.54, 1.807) is 12.1 Å². The van der Waals surface area contributed by atoms with Gasteiger partial charge in [-0.1, -0.05) is 18.2 Å². The minimum atomic E-state index is -0.102. The number of ether oxygens (including phenoxy) is 3. The molecule has 0 fully saturated rings. The van der Waals surface area contributed by atoms with Crippen molar-refractivity contribution in [2.24, 2.45) is 0 Å². The van der Waals surface area contributed by atoms with Crippen molar-refractivity contribution in [1.82, 2.24) is 0 Å². The van der Waals surface area contributed by atoms with Crippen molar-refractivity contribution >= 4 is 17.3 Å². The van der Waals surface area contributed by atoms with Gasteiger partial charge in [0.1, 0.15) is 0 Å². The van der Waals surface area contributed by atoms with Gasteiger partial charge in [-0.2, -0.15) is 0 Å². The molecule has 0 aliphatic carbocycles. The average molecular weight is 344 g/mol. The summed E-state index contributed by atoms with van der Waals surface area (Å²) in [6.07, 6.45) is 0.338. The van der Waals surface area contributed by atoms with Crippen LogP contribution in [0.1, 0.15) is 12.0 Å². The molecule has 0 saturated carbocycles. The number of rotatable bonds is 8. The molecule has 134 valence electrons. The summed E-state index contributed by atoms with van der Waals surface area (Å²) in [7, 11) is 4.61. The molecule has 0 aromatic heterocycles. The Bertz CT molecular complexity index is 706. The van der Waals surface area contributed by atoms with Crippen LogP contribution >= 0.6 is 0 Å². The first-order chi connectivity index (χ1) is 12.1. The van der Waals surface area contributed by atoms with Crippen LogP contribution in [-0.2, 0) is 4.79 Å². The zero-order valence-corrected chi connectivity index (χ0v) is 15.0. The number of aryl methyl sites for hydroxylation is 1. The molecule has 0 aliphatic rings. The lowest BCUT2D eigenvalue weighted by Crippen LogP contribution is -2.16. The molecule has 0 atom stereocenters. The van der Waals surface area contributed by atoms with E-state index >= 15 is 0 Å². The van der Waals surface area contributed by atoms with E-state index in [1.165, 1.54) is 21.3 Å². The minimum absolute atomic E-state index is 0.102. The van der Waals surface area contributed by atoms with E-state index in [0.717, 1.165) is 11.3 Å². The van der Waals surface area contributed by atoms with Crippen LogP contribution in [-0.4, -0.2) is 33.8 Å². The van der Waals surface area contributed by atoms with Crippen molar-refractivity contribution in [1.29, 1.82) is 0 Å². The number of carbonyl (C=O) groups is 1. The van der Waals surface area contributed by atoms with Gasteiger partial charge in [0, 0.05) is 36.5 Å². The van der Waals surface area contributed by atoms with Crippen molar-refractivity contribution in [3.8, 4) is 17.2 Å². The Kier molecular flexibility index (Phi) is 6.51. The van der Waals surface area contributed by atoms with E-state index in [2.05, 4.69) is 10.6 Å². The molecule has 6 heteroatoms. The number of hydrogen-bond acceptors (Lipinski definition) is 5. The topological polar surface area (TPSA) is 68.8 Å². The first-order valence-electron chi connectivity index (χ1n) is 7.98. The summed E-state index contributed by atoms with van der Waals surface area (Å²) in [5.41, 5.74) is 2.77. The van der Waals surface area contributed by atoms with Crippen molar-refractivity contribution in [2.45, 2.75) is 13.3 Å². The quantitative estimate of drug-likeness (QED) is 0.767. The first-order valence-corrected chi connectivity index (χ1v) is 7.98. The molecule has 0 unspecified atom stereocenters. The van der Waals surface area contributed by atoms with Crippen LogP contribution in [0.5, 0.6) is 17.2 Å². The number of anilines is 2. The van der Waals surface area contributed by atoms with Crippen LogP contribution in [0.4, 0.5) is 11.4 Å². The normalized spacial score (nSPS) is 10.1. The lowest BCUT2D eigenvalue weighted by atomic mass is 10.2. The molecule has 0 radical (unpaired) electrons. The van der Waals surface area contributed by atoms with E-state index in [4.69, 9.17) is 14.2 Å². The second kappa shape index (κ2) is 8.82. The lowest BCUT2D eigenvalue weighted by Gasteiger charge is -2.15. The number of para-hydroxylation sites is 1. The largest absolute Gasteiger partial charge is 0.493 e. The van der Waals surface area contributed by atoms with Crippen LogP contribution in [0.2, 0.25) is 0 Å². The summed E-state index contributed by atoms with van der Waals surface area (Å²) in [5, 5.41) is 6.11. The third kappa shape index (κ3) is 4.79. The second-order valence-corrected chi connectivity index (χ2v) is 5.45. The second-order valence-electron chi connectivity index (χ2n) is 5.45. The zero-order chi connectivity index (χ0) is 18.2. The van der Waals surface area contributed by atoms with Gasteiger partial charge >= 0.3 is 0 Å². The van der Waals surface area contributed by atoms with Gasteiger partial charge in [0.15, 0.2) is 11.5 Å². The van der Waals surface area contributed by atoms with Crippen LogP contribution < -0.4 is 24.8 Å². The highest BCUT2D eigenvalue weighted by molar-refractivity contribution is 5.91. The monoisotopic (exact) mass is 344 g/mol. The number of amides is 1. The molecule has 0 bridgehead atoms. The minimum Gasteiger partial charge on any atom is -0.493 e. The van der Waals surface area contributed by atoms with Crippen LogP contribution in [0.3, 0.4) is 0 Å². The summed E-state index contributed by atoms with van der Waals surface area (Å²) in [5.74, 6) is 1.38. The van der Waals surface area contributed by atoms with Gasteiger partial charge in [-0.15, -0.1) is 0 Å². The van der Waals surface area contributed by atoms with E-state index in [1.807, 2.05) is 31.2 Å². The molecule has 0 heterocycles. The molecule has 25 heavy (non-hydrogen) atoms. The highest BCUT2D eigenvalue weighted by Crippen LogP contribution is 2.39. The summed E-state index contributed by atoms with van der Waals surface area (Å²) in [6, 6.07) is 11.4. The third-order valence-electron chi connectivity index (χ3n) is 3.76. The smallest absolute Gasteiger partial charge is 0.226 e. The highest BCUT2D eigenvalue weighted by Gasteiger charge is 2.14. The molecule has 6 nitrogen and oxygen atoms in total. The highest BCUT2D eigenvalue weighted by atomic mass is 16.5. The summed E-state index contributed by atoms with van der Waals surface area (Å²) < 4.78 is 15.8. The number of methoxy groups -OCH3 is 3. The Morgan fingerprint density at radius 3 is 2.20 bits per heavy atom. The average Bonchev–Trinajstić information content (AvgIpc) is 2.62. The maximum absolute atomic E-state index is 12.2. The van der Waals surface area contributed by atoms with Crippen molar-refractivity contribution in [2.75, 3.05) is 38.5 Å². The maximum atomic E-state index is 12.2. The molecule has 0 aliphatic heterocycles. The molecule has 0 saturated heterocycles. The Morgan fingerprint density at radius 2 is 1.64 bits per heavy atom. The van der Waals surface area contributed by atoms with Crippen molar-refractivity contribution in [3.63, 3.8) is 0 Å². The maximum Gasteiger partial charge on any atom is 0.226 e. The summed E-state index contributed by atoms with van der Waals surface area (Å²) in [6.45, 7) is 2.57. The molecule has 2 N–H and O–H groups in total. The van der Waals surface area contributed by atoms with Gasteiger partial charge in [-0.3, -0.25) is 4.79 Å². The number of nitrogens with one attached hydrogen (secondary N) is 2. The molecule has 1 amide bonds. The predicted molar refractivity (Wildman–Crippen MR) is 99.0 cm³/mol. The Labute approximate surface area is 148 Å². The number of benzene rings is 2. The van der Waals surface area contributed by atoms with Crippen molar-refractivity contribution < 1.29 is 19.0 Å². The van der Waals surface area contributed by atoms with E-state index < -0.39 is 0 Å². The standard InChI is InChI=1S/C19H24N2O4/c1-13-7-5-6-8-15(13)20-10-9-18(22)21-14-11-16(23-2)19(25-4)17(12-14)24-3/h5-8,11-12,20H,9-10H2,1-4H3,(H,21,22). The molecule has 2 rings (SSSR count). The predicted octanol–water partition coefficient (Wildman–Crippen LogP) is 3.46. The van der Waals surface area contributed by atoms with E-state index in [9.17, 15) is 4.79 Å². The van der Waals surface area contributed by atoms with Gasteiger partial charge in [-0.05, 0) is 18.6 Å². The van der Waals surface area contributed by atoms with E-state index in [-0.39, 0.29) is 5.91 Å². The zero-order valence-electron chi connectivity index (χ0n) is 15.0. The van der Waals surface area contributed by atoms with Gasteiger partial charge in [0.05, 0.1) is 21.3 Å². The number of carbonyl (C=O) groups excluding carboxylic acids is 1. The molecular weight excluding hydrogens is 320 g/mol.